The second-order valence-corrected chi connectivity index (χ2v) is 7.00. The van der Waals surface area contributed by atoms with E-state index in [1.165, 1.54) is 11.3 Å². The minimum Gasteiger partial charge on any atom is -0.369 e. The van der Waals surface area contributed by atoms with Crippen LogP contribution in [0.1, 0.15) is 53.5 Å². The Morgan fingerprint density at radius 1 is 1.00 bits per heavy atom. The van der Waals surface area contributed by atoms with Gasteiger partial charge in [-0.05, 0) is 58.7 Å². The largest absolute Gasteiger partial charge is 0.369 e. The van der Waals surface area contributed by atoms with Gasteiger partial charge in [0, 0.05) is 30.4 Å². The predicted molar refractivity (Wildman–Crippen MR) is 85.8 cm³/mol. The van der Waals surface area contributed by atoms with Gasteiger partial charge in [0.15, 0.2) is 0 Å². The summed E-state index contributed by atoms with van der Waals surface area (Å²) in [5.74, 6) is 0. The maximum absolute atomic E-state index is 3.51. The first-order chi connectivity index (χ1) is 8.65. The molecular weight excluding hydrogens is 232 g/mol. The van der Waals surface area contributed by atoms with Crippen LogP contribution in [-0.4, -0.2) is 18.1 Å². The summed E-state index contributed by atoms with van der Waals surface area (Å²) in [4.78, 5) is 2.36. The molecule has 0 aliphatic heterocycles. The molecule has 0 atom stereocenters. The molecule has 1 aromatic carbocycles. The minimum atomic E-state index is 0.166. The smallest absolute Gasteiger partial charge is 0.0368 e. The van der Waals surface area contributed by atoms with Crippen molar-refractivity contribution in [1.82, 2.24) is 5.32 Å². The highest BCUT2D eigenvalue weighted by Gasteiger charge is 2.21. The molecule has 0 heterocycles. The molecule has 2 nitrogen and oxygen atoms in total. The molecular formula is C17H30N2. The molecule has 19 heavy (non-hydrogen) atoms. The number of anilines is 1. The standard InChI is InChI=1S/C17H30N2/c1-8-17(5,6)19(7)15-11-9-14(10-12-15)13-18-16(2,3)4/h9-12,18H,8,13H2,1-7H3. The van der Waals surface area contributed by atoms with Crippen LogP contribution < -0.4 is 10.2 Å². The van der Waals surface area contributed by atoms with E-state index in [0.717, 1.165) is 13.0 Å². The lowest BCUT2D eigenvalue weighted by molar-refractivity contribution is 0.424. The van der Waals surface area contributed by atoms with Gasteiger partial charge in [-0.3, -0.25) is 0 Å². The molecule has 1 N–H and O–H groups in total. The van der Waals surface area contributed by atoms with E-state index in [-0.39, 0.29) is 11.1 Å². The zero-order valence-electron chi connectivity index (χ0n) is 13.7. The Labute approximate surface area is 119 Å². The van der Waals surface area contributed by atoms with Gasteiger partial charge < -0.3 is 10.2 Å². The molecule has 0 fully saturated rings. The highest BCUT2D eigenvalue weighted by atomic mass is 15.2. The highest BCUT2D eigenvalue weighted by Crippen LogP contribution is 2.24. The average Bonchev–Trinajstić information content (AvgIpc) is 2.35. The van der Waals surface area contributed by atoms with E-state index < -0.39 is 0 Å². The quantitative estimate of drug-likeness (QED) is 0.855. The lowest BCUT2D eigenvalue weighted by Gasteiger charge is -2.37. The summed E-state index contributed by atoms with van der Waals surface area (Å²) >= 11 is 0. The molecule has 2 heteroatoms. The Kier molecular flexibility index (Phi) is 5.03. The van der Waals surface area contributed by atoms with Crippen molar-refractivity contribution in [3.63, 3.8) is 0 Å². The molecule has 0 saturated carbocycles. The second-order valence-electron chi connectivity index (χ2n) is 7.00. The maximum atomic E-state index is 3.51. The number of hydrogen-bond acceptors (Lipinski definition) is 2. The van der Waals surface area contributed by atoms with Gasteiger partial charge in [0.1, 0.15) is 0 Å². The fraction of sp³-hybridized carbons (Fsp3) is 0.647. The molecule has 1 aromatic rings. The Balaban J connectivity index is 2.71. The van der Waals surface area contributed by atoms with Crippen LogP contribution in [-0.2, 0) is 6.54 Å². The van der Waals surface area contributed by atoms with E-state index in [4.69, 9.17) is 0 Å². The topological polar surface area (TPSA) is 15.3 Å². The highest BCUT2D eigenvalue weighted by molar-refractivity contribution is 5.49. The molecule has 0 unspecified atom stereocenters. The summed E-state index contributed by atoms with van der Waals surface area (Å²) in [6.07, 6.45) is 1.14. The van der Waals surface area contributed by atoms with Crippen molar-refractivity contribution in [2.24, 2.45) is 0 Å². The van der Waals surface area contributed by atoms with E-state index in [1.54, 1.807) is 0 Å². The summed E-state index contributed by atoms with van der Waals surface area (Å²) in [5, 5.41) is 3.51. The summed E-state index contributed by atoms with van der Waals surface area (Å²) in [6, 6.07) is 8.88. The first-order valence-electron chi connectivity index (χ1n) is 7.23. The van der Waals surface area contributed by atoms with Crippen LogP contribution in [0.3, 0.4) is 0 Å². The van der Waals surface area contributed by atoms with Crippen LogP contribution in [0.25, 0.3) is 0 Å². The number of hydrogen-bond donors (Lipinski definition) is 1. The fourth-order valence-corrected chi connectivity index (χ4v) is 1.79. The summed E-state index contributed by atoms with van der Waals surface area (Å²) in [7, 11) is 2.17. The third kappa shape index (κ3) is 4.87. The third-order valence-corrected chi connectivity index (χ3v) is 3.92. The average molecular weight is 262 g/mol. The molecule has 0 radical (unpaired) electrons. The number of nitrogens with one attached hydrogen (secondary N) is 1. The molecule has 1 rings (SSSR count). The maximum Gasteiger partial charge on any atom is 0.0368 e. The van der Waals surface area contributed by atoms with E-state index >= 15 is 0 Å². The van der Waals surface area contributed by atoms with Gasteiger partial charge in [-0.25, -0.2) is 0 Å². The Morgan fingerprint density at radius 2 is 1.53 bits per heavy atom. The van der Waals surface area contributed by atoms with E-state index in [2.05, 4.69) is 83.1 Å². The van der Waals surface area contributed by atoms with Gasteiger partial charge in [-0.2, -0.15) is 0 Å². The minimum absolute atomic E-state index is 0.166. The number of benzene rings is 1. The van der Waals surface area contributed by atoms with Gasteiger partial charge in [-0.15, -0.1) is 0 Å². The van der Waals surface area contributed by atoms with Gasteiger partial charge in [0.2, 0.25) is 0 Å². The van der Waals surface area contributed by atoms with Gasteiger partial charge in [0.05, 0.1) is 0 Å². The fourth-order valence-electron chi connectivity index (χ4n) is 1.79. The van der Waals surface area contributed by atoms with E-state index in [9.17, 15) is 0 Å². The van der Waals surface area contributed by atoms with Crippen molar-refractivity contribution in [1.29, 1.82) is 0 Å². The van der Waals surface area contributed by atoms with Crippen LogP contribution in [0.15, 0.2) is 24.3 Å². The SMILES string of the molecule is CCC(C)(C)N(C)c1ccc(CNC(C)(C)C)cc1. The van der Waals surface area contributed by atoms with Crippen LogP contribution in [0.2, 0.25) is 0 Å². The van der Waals surface area contributed by atoms with E-state index in [1.807, 2.05) is 0 Å². The lowest BCUT2D eigenvalue weighted by atomic mass is 9.99. The van der Waals surface area contributed by atoms with E-state index in [0.29, 0.717) is 0 Å². The summed E-state index contributed by atoms with van der Waals surface area (Å²) < 4.78 is 0. The Morgan fingerprint density at radius 3 is 1.95 bits per heavy atom. The van der Waals surface area contributed by atoms with Crippen molar-refractivity contribution in [2.45, 2.75) is 65.6 Å². The number of nitrogens with zero attached hydrogens (tertiary/aromatic N) is 1. The second kappa shape index (κ2) is 5.96. The van der Waals surface area contributed by atoms with Crippen molar-refractivity contribution >= 4 is 5.69 Å². The Bertz CT molecular complexity index is 385. The first kappa shape index (κ1) is 16.0. The molecule has 0 saturated heterocycles. The molecule has 0 aliphatic rings. The monoisotopic (exact) mass is 262 g/mol. The molecule has 0 amide bonds. The zero-order chi connectivity index (χ0) is 14.7. The summed E-state index contributed by atoms with van der Waals surface area (Å²) in [6.45, 7) is 14.3. The summed E-state index contributed by atoms with van der Waals surface area (Å²) in [5.41, 5.74) is 2.98. The molecule has 108 valence electrons. The number of rotatable bonds is 5. The molecule has 0 spiro atoms. The van der Waals surface area contributed by atoms with Crippen molar-refractivity contribution in [3.05, 3.63) is 29.8 Å². The van der Waals surface area contributed by atoms with Crippen LogP contribution in [0.4, 0.5) is 5.69 Å². The van der Waals surface area contributed by atoms with Crippen LogP contribution in [0, 0.1) is 0 Å². The van der Waals surface area contributed by atoms with Crippen molar-refractivity contribution in [3.8, 4) is 0 Å². The Hall–Kier alpha value is -1.02. The van der Waals surface area contributed by atoms with Crippen molar-refractivity contribution < 1.29 is 0 Å². The van der Waals surface area contributed by atoms with Crippen LogP contribution >= 0.6 is 0 Å². The van der Waals surface area contributed by atoms with Gasteiger partial charge in [0.25, 0.3) is 0 Å². The van der Waals surface area contributed by atoms with Gasteiger partial charge in [-0.1, -0.05) is 19.1 Å². The van der Waals surface area contributed by atoms with Crippen molar-refractivity contribution in [2.75, 3.05) is 11.9 Å². The van der Waals surface area contributed by atoms with Gasteiger partial charge >= 0.3 is 0 Å². The molecule has 0 bridgehead atoms. The normalized spacial score (nSPS) is 12.6. The predicted octanol–water partition coefficient (Wildman–Crippen LogP) is 4.20. The molecule has 0 aliphatic carbocycles. The lowest BCUT2D eigenvalue weighted by Crippen LogP contribution is -2.40. The molecule has 0 aromatic heterocycles. The third-order valence-electron chi connectivity index (χ3n) is 3.92. The zero-order valence-corrected chi connectivity index (χ0v) is 13.7. The van der Waals surface area contributed by atoms with Crippen LogP contribution in [0.5, 0.6) is 0 Å². The first-order valence-corrected chi connectivity index (χ1v) is 7.23.